The third kappa shape index (κ3) is 4.26. The molecule has 7 nitrogen and oxygen atoms in total. The lowest BCUT2D eigenvalue weighted by molar-refractivity contribution is -0.139. The van der Waals surface area contributed by atoms with E-state index < -0.39 is 12.0 Å². The molecule has 3 aromatic rings. The maximum Gasteiger partial charge on any atom is 0.338 e. The third-order valence-corrected chi connectivity index (χ3v) is 6.66. The number of ether oxygens (including phenoxy) is 3. The van der Waals surface area contributed by atoms with E-state index >= 15 is 0 Å². The van der Waals surface area contributed by atoms with Crippen molar-refractivity contribution in [3.63, 3.8) is 0 Å². The van der Waals surface area contributed by atoms with E-state index in [1.807, 2.05) is 12.1 Å². The number of allylic oxidation sites excluding steroid dienone is 1. The largest absolute Gasteiger partial charge is 0.493 e. The van der Waals surface area contributed by atoms with E-state index in [9.17, 15) is 9.59 Å². The van der Waals surface area contributed by atoms with E-state index in [4.69, 9.17) is 25.8 Å². The van der Waals surface area contributed by atoms with E-state index in [1.54, 1.807) is 64.5 Å². The molecule has 0 unspecified atom stereocenters. The van der Waals surface area contributed by atoms with Crippen molar-refractivity contribution in [2.45, 2.75) is 19.9 Å². The molecule has 34 heavy (non-hydrogen) atoms. The molecule has 0 N–H and O–H groups in total. The molecule has 0 saturated heterocycles. The normalized spacial score (nSPS) is 15.6. The van der Waals surface area contributed by atoms with Gasteiger partial charge in [0.1, 0.15) is 0 Å². The first-order valence-corrected chi connectivity index (χ1v) is 11.7. The molecule has 1 aromatic heterocycles. The molecule has 0 aliphatic carbocycles. The standard InChI is InChI=1S/C25H23ClN2O5S/c1-5-33-24(30)20-14(2)27-25-28(21(20)15-9-11-17(26)12-10-15)23(29)19(34-25)13-16-7-6-8-18(31-3)22(16)32-4/h6-13,21H,5H2,1-4H3/b19-13+/t21-/m1/s1. The highest BCUT2D eigenvalue weighted by molar-refractivity contribution is 7.07. The zero-order chi connectivity index (χ0) is 24.4. The molecule has 4 rings (SSSR count). The number of halogens is 1. The summed E-state index contributed by atoms with van der Waals surface area (Å²) in [6, 6.07) is 11.8. The number of thiazole rings is 1. The number of hydrogen-bond acceptors (Lipinski definition) is 7. The van der Waals surface area contributed by atoms with Gasteiger partial charge in [0.15, 0.2) is 16.3 Å². The zero-order valence-electron chi connectivity index (χ0n) is 19.1. The lowest BCUT2D eigenvalue weighted by atomic mass is 9.96. The van der Waals surface area contributed by atoms with Crippen molar-refractivity contribution in [3.8, 4) is 11.5 Å². The molecule has 0 radical (unpaired) electrons. The Labute approximate surface area is 205 Å². The number of carbonyl (C=O) groups is 1. The Morgan fingerprint density at radius 1 is 1.18 bits per heavy atom. The van der Waals surface area contributed by atoms with Crippen LogP contribution in [-0.2, 0) is 9.53 Å². The summed E-state index contributed by atoms with van der Waals surface area (Å²) in [5, 5.41) is 0.555. The fourth-order valence-electron chi connectivity index (χ4n) is 3.92. The summed E-state index contributed by atoms with van der Waals surface area (Å²) in [6.07, 6.45) is 1.74. The van der Waals surface area contributed by atoms with Gasteiger partial charge in [-0.3, -0.25) is 9.36 Å². The molecule has 0 spiro atoms. The van der Waals surface area contributed by atoms with Crippen LogP contribution in [0, 0.1) is 0 Å². The van der Waals surface area contributed by atoms with Crippen molar-refractivity contribution in [1.82, 2.24) is 4.57 Å². The van der Waals surface area contributed by atoms with E-state index in [2.05, 4.69) is 4.99 Å². The van der Waals surface area contributed by atoms with Crippen LogP contribution >= 0.6 is 22.9 Å². The van der Waals surface area contributed by atoms with Gasteiger partial charge < -0.3 is 14.2 Å². The molecule has 1 atom stereocenters. The van der Waals surface area contributed by atoms with Crippen LogP contribution in [0.4, 0.5) is 0 Å². The predicted molar refractivity (Wildman–Crippen MR) is 131 cm³/mol. The van der Waals surface area contributed by atoms with Crippen molar-refractivity contribution in [2.75, 3.05) is 20.8 Å². The van der Waals surface area contributed by atoms with Crippen LogP contribution in [0.15, 0.2) is 63.5 Å². The van der Waals surface area contributed by atoms with Gasteiger partial charge in [0, 0.05) is 10.6 Å². The van der Waals surface area contributed by atoms with Crippen molar-refractivity contribution in [2.24, 2.45) is 4.99 Å². The lowest BCUT2D eigenvalue weighted by Crippen LogP contribution is -2.39. The SMILES string of the molecule is CCOC(=O)C1=C(C)N=c2s/c(=C/c3cccc(OC)c3OC)c(=O)n2[C@@H]1c1ccc(Cl)cc1. The van der Waals surface area contributed by atoms with Gasteiger partial charge in [0.2, 0.25) is 0 Å². The first-order valence-electron chi connectivity index (χ1n) is 10.6. The summed E-state index contributed by atoms with van der Waals surface area (Å²) in [5.74, 6) is 0.574. The minimum absolute atomic E-state index is 0.211. The number of rotatable bonds is 6. The van der Waals surface area contributed by atoms with Gasteiger partial charge in [-0.05, 0) is 43.7 Å². The highest BCUT2D eigenvalue weighted by atomic mass is 35.5. The second-order valence-electron chi connectivity index (χ2n) is 7.44. The van der Waals surface area contributed by atoms with Crippen LogP contribution in [0.1, 0.15) is 31.0 Å². The second kappa shape index (κ2) is 9.87. The smallest absolute Gasteiger partial charge is 0.338 e. The van der Waals surface area contributed by atoms with Crippen molar-refractivity contribution < 1.29 is 19.0 Å². The average Bonchev–Trinajstić information content (AvgIpc) is 3.13. The fraction of sp³-hybridized carbons (Fsp3) is 0.240. The Balaban J connectivity index is 1.97. The van der Waals surface area contributed by atoms with Gasteiger partial charge in [-0.25, -0.2) is 9.79 Å². The quantitative estimate of drug-likeness (QED) is 0.486. The molecule has 0 fully saturated rings. The lowest BCUT2D eigenvalue weighted by Gasteiger charge is -2.24. The highest BCUT2D eigenvalue weighted by Gasteiger charge is 2.33. The molecule has 0 amide bonds. The number of esters is 1. The number of carbonyl (C=O) groups excluding carboxylic acids is 1. The summed E-state index contributed by atoms with van der Waals surface area (Å²) in [4.78, 5) is 31.7. The van der Waals surface area contributed by atoms with Gasteiger partial charge in [-0.15, -0.1) is 0 Å². The van der Waals surface area contributed by atoms with Gasteiger partial charge in [-0.2, -0.15) is 0 Å². The zero-order valence-corrected chi connectivity index (χ0v) is 20.7. The molecule has 176 valence electrons. The van der Waals surface area contributed by atoms with Gasteiger partial charge in [-0.1, -0.05) is 47.2 Å². The van der Waals surface area contributed by atoms with Crippen molar-refractivity contribution in [1.29, 1.82) is 0 Å². The molecule has 9 heteroatoms. The molecular weight excluding hydrogens is 476 g/mol. The van der Waals surface area contributed by atoms with E-state index in [1.165, 1.54) is 15.9 Å². The summed E-state index contributed by atoms with van der Waals surface area (Å²) in [5.41, 5.74) is 1.97. The summed E-state index contributed by atoms with van der Waals surface area (Å²) in [7, 11) is 3.10. The van der Waals surface area contributed by atoms with E-state index in [0.717, 1.165) is 5.56 Å². The topological polar surface area (TPSA) is 79.1 Å². The predicted octanol–water partition coefficient (Wildman–Crippen LogP) is 3.47. The first-order chi connectivity index (χ1) is 16.4. The van der Waals surface area contributed by atoms with Crippen LogP contribution in [0.5, 0.6) is 11.5 Å². The summed E-state index contributed by atoms with van der Waals surface area (Å²) < 4.78 is 18.2. The van der Waals surface area contributed by atoms with Gasteiger partial charge >= 0.3 is 5.97 Å². The van der Waals surface area contributed by atoms with Crippen LogP contribution in [0.3, 0.4) is 0 Å². The summed E-state index contributed by atoms with van der Waals surface area (Å²) in [6.45, 7) is 3.70. The van der Waals surface area contributed by atoms with E-state index in [0.29, 0.717) is 42.7 Å². The van der Waals surface area contributed by atoms with Crippen LogP contribution in [-0.4, -0.2) is 31.4 Å². The molecule has 1 aliphatic rings. The molecular formula is C25H23ClN2O5S. The van der Waals surface area contributed by atoms with Crippen LogP contribution < -0.4 is 24.4 Å². The Morgan fingerprint density at radius 3 is 2.56 bits per heavy atom. The molecule has 0 bridgehead atoms. The van der Waals surface area contributed by atoms with Crippen LogP contribution in [0.2, 0.25) is 5.02 Å². The number of methoxy groups -OCH3 is 2. The molecule has 2 aromatic carbocycles. The first kappa shape index (κ1) is 23.8. The maximum atomic E-state index is 13.7. The molecule has 0 saturated carbocycles. The molecule has 2 heterocycles. The van der Waals surface area contributed by atoms with Crippen molar-refractivity contribution >= 4 is 35.0 Å². The second-order valence-corrected chi connectivity index (χ2v) is 8.88. The minimum atomic E-state index is -0.693. The Bertz CT molecular complexity index is 1450. The van der Waals surface area contributed by atoms with E-state index in [-0.39, 0.29) is 12.2 Å². The summed E-state index contributed by atoms with van der Waals surface area (Å²) >= 11 is 7.33. The number of fused-ring (bicyclic) bond motifs is 1. The Morgan fingerprint density at radius 2 is 1.91 bits per heavy atom. The molecule has 1 aliphatic heterocycles. The Kier molecular flexibility index (Phi) is 6.90. The fourth-order valence-corrected chi connectivity index (χ4v) is 5.08. The number of nitrogens with zero attached hydrogens (tertiary/aromatic N) is 2. The van der Waals surface area contributed by atoms with Gasteiger partial charge in [0.05, 0.1) is 42.7 Å². The third-order valence-electron chi connectivity index (χ3n) is 5.42. The van der Waals surface area contributed by atoms with Gasteiger partial charge in [0.25, 0.3) is 5.56 Å². The van der Waals surface area contributed by atoms with Crippen LogP contribution in [0.25, 0.3) is 6.08 Å². The Hall–Kier alpha value is -3.36. The van der Waals surface area contributed by atoms with Crippen molar-refractivity contribution in [3.05, 3.63) is 89.6 Å². The number of aromatic nitrogens is 1. The number of para-hydroxylation sites is 1. The highest BCUT2D eigenvalue weighted by Crippen LogP contribution is 2.32. The number of benzene rings is 2. The average molecular weight is 499 g/mol. The number of hydrogen-bond donors (Lipinski definition) is 0. The minimum Gasteiger partial charge on any atom is -0.493 e. The monoisotopic (exact) mass is 498 g/mol. The maximum absolute atomic E-state index is 13.7.